The van der Waals surface area contributed by atoms with Crippen LogP contribution in [-0.2, 0) is 36.7 Å². The Kier molecular flexibility index (Phi) is 6.83. The Hall–Kier alpha value is -3.00. The van der Waals surface area contributed by atoms with E-state index in [1.807, 2.05) is 30.3 Å². The highest BCUT2D eigenvalue weighted by Gasteiger charge is 2.75. The van der Waals surface area contributed by atoms with E-state index in [0.717, 1.165) is 27.8 Å². The van der Waals surface area contributed by atoms with Gasteiger partial charge in [-0.15, -0.1) is 0 Å². The first kappa shape index (κ1) is 27.8. The third kappa shape index (κ3) is 4.19. The van der Waals surface area contributed by atoms with Gasteiger partial charge in [-0.3, -0.25) is 13.8 Å². The number of benzene rings is 3. The average molecular weight is 590 g/mol. The second-order valence-electron chi connectivity index (χ2n) is 12.0. The number of rotatable bonds is 9. The van der Waals surface area contributed by atoms with E-state index in [0.29, 0.717) is 50.0 Å². The van der Waals surface area contributed by atoms with Crippen molar-refractivity contribution in [2.45, 2.75) is 68.1 Å². The molecule has 0 radical (unpaired) electrons. The smallest absolute Gasteiger partial charge is 0.472 e. The molecular weight excluding hydrogens is 553 g/mol. The summed E-state index contributed by atoms with van der Waals surface area (Å²) in [6.07, 6.45) is 2.66. The summed E-state index contributed by atoms with van der Waals surface area (Å²) in [5.74, 6) is 0.808. The Morgan fingerprint density at radius 1 is 1.05 bits per heavy atom. The Morgan fingerprint density at radius 2 is 1.81 bits per heavy atom. The van der Waals surface area contributed by atoms with Crippen LogP contribution in [0.4, 0.5) is 0 Å². The highest BCUT2D eigenvalue weighted by molar-refractivity contribution is 7.47. The lowest BCUT2D eigenvalue weighted by Crippen LogP contribution is -2.73. The molecule has 2 bridgehead atoms. The number of ether oxygens (including phenoxy) is 2. The van der Waals surface area contributed by atoms with Gasteiger partial charge in [-0.25, -0.2) is 4.57 Å². The van der Waals surface area contributed by atoms with E-state index in [-0.39, 0.29) is 30.8 Å². The summed E-state index contributed by atoms with van der Waals surface area (Å²) >= 11 is 0. The number of hydrogen-bond acceptors (Lipinski definition) is 7. The zero-order valence-electron chi connectivity index (χ0n) is 23.7. The van der Waals surface area contributed by atoms with Crippen molar-refractivity contribution in [3.8, 4) is 22.6 Å². The molecule has 42 heavy (non-hydrogen) atoms. The van der Waals surface area contributed by atoms with Crippen LogP contribution in [0.1, 0.15) is 48.8 Å². The molecule has 2 fully saturated rings. The molecule has 1 heterocycles. The van der Waals surface area contributed by atoms with Crippen LogP contribution in [-0.4, -0.2) is 42.1 Å². The summed E-state index contributed by atoms with van der Waals surface area (Å²) in [5.41, 5.74) is 9.95. The molecule has 7 rings (SSSR count). The first-order valence-corrected chi connectivity index (χ1v) is 16.3. The monoisotopic (exact) mass is 589 g/mol. The van der Waals surface area contributed by atoms with Gasteiger partial charge in [0.25, 0.3) is 0 Å². The maximum Gasteiger partial charge on any atom is 0.472 e. The first-order chi connectivity index (χ1) is 20.3. The van der Waals surface area contributed by atoms with Gasteiger partial charge in [0.15, 0.2) is 23.4 Å². The molecule has 6 unspecified atom stereocenters. The maximum atomic E-state index is 13.6. The van der Waals surface area contributed by atoms with Crippen LogP contribution >= 0.6 is 7.82 Å². The van der Waals surface area contributed by atoms with E-state index in [1.54, 1.807) is 7.11 Å². The SMILES string of the molecule is COc1ccc2c3c1OC1C(=O)CCC4(OP(=O)(O)OCCCc5ccc(-c6ccccc6)cc5)C(C2)C(N)CCC314. The molecule has 0 saturated heterocycles. The van der Waals surface area contributed by atoms with Crippen molar-refractivity contribution >= 4 is 13.6 Å². The first-order valence-electron chi connectivity index (χ1n) is 14.8. The number of hydrogen-bond donors (Lipinski definition) is 2. The predicted octanol–water partition coefficient (Wildman–Crippen LogP) is 5.52. The maximum absolute atomic E-state index is 13.6. The fraction of sp³-hybridized carbons (Fsp3) is 0.424. The van der Waals surface area contributed by atoms with Gasteiger partial charge in [0.1, 0.15) is 0 Å². The van der Waals surface area contributed by atoms with Crippen molar-refractivity contribution in [3.63, 3.8) is 0 Å². The number of carbonyl (C=O) groups is 1. The minimum absolute atomic E-state index is 0.0264. The summed E-state index contributed by atoms with van der Waals surface area (Å²) in [6, 6.07) is 22.1. The molecule has 0 aromatic heterocycles. The topological polar surface area (TPSA) is 117 Å². The average Bonchev–Trinajstić information content (AvgIpc) is 3.36. The van der Waals surface area contributed by atoms with E-state index in [4.69, 9.17) is 24.3 Å². The predicted molar refractivity (Wildman–Crippen MR) is 158 cm³/mol. The zero-order valence-corrected chi connectivity index (χ0v) is 24.6. The van der Waals surface area contributed by atoms with Crippen LogP contribution in [0.5, 0.6) is 11.5 Å². The second kappa shape index (κ2) is 10.3. The molecule has 6 atom stereocenters. The highest BCUT2D eigenvalue weighted by Crippen LogP contribution is 2.71. The second-order valence-corrected chi connectivity index (χ2v) is 13.4. The third-order valence-electron chi connectivity index (χ3n) is 9.98. The van der Waals surface area contributed by atoms with Gasteiger partial charge in [-0.2, -0.15) is 0 Å². The lowest BCUT2D eigenvalue weighted by atomic mass is 9.45. The van der Waals surface area contributed by atoms with Crippen LogP contribution in [0.15, 0.2) is 66.7 Å². The molecule has 3 aromatic rings. The molecule has 2 saturated carbocycles. The summed E-state index contributed by atoms with van der Waals surface area (Å²) < 4.78 is 37.5. The minimum Gasteiger partial charge on any atom is -0.493 e. The molecule has 9 heteroatoms. The number of phosphoric acid groups is 1. The van der Waals surface area contributed by atoms with E-state index >= 15 is 0 Å². The Labute approximate surface area is 245 Å². The number of aryl methyl sites for hydroxylation is 1. The minimum atomic E-state index is -4.52. The molecule has 0 amide bonds. The molecule has 3 N–H and O–H groups in total. The van der Waals surface area contributed by atoms with Crippen LogP contribution in [0, 0.1) is 5.92 Å². The molecular formula is C33H36NO7P. The van der Waals surface area contributed by atoms with Crippen LogP contribution in [0.2, 0.25) is 0 Å². The van der Waals surface area contributed by atoms with Gasteiger partial charge >= 0.3 is 7.82 Å². The lowest BCUT2D eigenvalue weighted by Gasteiger charge is -2.62. The molecule has 1 spiro atoms. The largest absolute Gasteiger partial charge is 0.493 e. The molecule has 3 aliphatic carbocycles. The summed E-state index contributed by atoms with van der Waals surface area (Å²) in [5, 5.41) is 0. The lowest BCUT2D eigenvalue weighted by molar-refractivity contribution is -0.175. The van der Waals surface area contributed by atoms with Gasteiger partial charge in [0.05, 0.1) is 24.7 Å². The van der Waals surface area contributed by atoms with Crippen molar-refractivity contribution < 1.29 is 32.8 Å². The van der Waals surface area contributed by atoms with E-state index in [9.17, 15) is 14.3 Å². The molecule has 1 aliphatic heterocycles. The standard InChI is InChI=1S/C33H36NO7P/c1-38-28-14-13-24-20-25-26(34)15-17-32-29(24)30(28)40-31(32)27(35)16-18-33(25,32)41-42(36,37)39-19-5-6-21-9-11-23(12-10-21)22-7-3-2-4-8-22/h2-4,7-14,25-26,31H,5-6,15-20,34H2,1H3,(H,36,37). The molecule has 4 aliphatic rings. The number of nitrogens with two attached hydrogens (primary N) is 1. The van der Waals surface area contributed by atoms with E-state index < -0.39 is 24.9 Å². The van der Waals surface area contributed by atoms with Gasteiger partial charge in [-0.1, -0.05) is 60.7 Å². The highest BCUT2D eigenvalue weighted by atomic mass is 31.2. The third-order valence-corrected chi connectivity index (χ3v) is 11.0. The van der Waals surface area contributed by atoms with E-state index in [1.165, 1.54) is 0 Å². The van der Waals surface area contributed by atoms with E-state index in [2.05, 4.69) is 36.4 Å². The molecule has 8 nitrogen and oxygen atoms in total. The number of Topliss-reactive ketones (excluding diaryl/α,β-unsaturated/α-hetero) is 1. The van der Waals surface area contributed by atoms with Crippen LogP contribution in [0.25, 0.3) is 11.1 Å². The van der Waals surface area contributed by atoms with Crippen molar-refractivity contribution in [2.75, 3.05) is 13.7 Å². The number of methoxy groups -OCH3 is 1. The van der Waals surface area contributed by atoms with Gasteiger partial charge in [-0.05, 0) is 66.8 Å². The number of ketones is 1. The Bertz CT molecular complexity index is 1560. The number of phosphoric ester groups is 1. The van der Waals surface area contributed by atoms with Crippen molar-refractivity contribution in [2.24, 2.45) is 11.7 Å². The van der Waals surface area contributed by atoms with Gasteiger partial charge in [0.2, 0.25) is 0 Å². The Morgan fingerprint density at radius 3 is 2.57 bits per heavy atom. The fourth-order valence-electron chi connectivity index (χ4n) is 8.18. The normalized spacial score (nSPS) is 30.3. The summed E-state index contributed by atoms with van der Waals surface area (Å²) in [4.78, 5) is 24.5. The number of carbonyl (C=O) groups excluding carboxylic acids is 1. The van der Waals surface area contributed by atoms with Crippen molar-refractivity contribution in [1.82, 2.24) is 0 Å². The summed E-state index contributed by atoms with van der Waals surface area (Å²) in [7, 11) is -2.95. The van der Waals surface area contributed by atoms with Crippen LogP contribution < -0.4 is 15.2 Å². The van der Waals surface area contributed by atoms with Crippen molar-refractivity contribution in [3.05, 3.63) is 83.4 Å². The van der Waals surface area contributed by atoms with Crippen molar-refractivity contribution in [1.29, 1.82) is 0 Å². The fourth-order valence-corrected chi connectivity index (χ4v) is 9.40. The molecule has 220 valence electrons. The molecule has 3 aromatic carbocycles. The summed E-state index contributed by atoms with van der Waals surface area (Å²) in [6.45, 7) is 0.0581. The van der Waals surface area contributed by atoms with Gasteiger partial charge < -0.3 is 20.1 Å². The quantitative estimate of drug-likeness (QED) is 0.248. The Balaban J connectivity index is 1.11. The van der Waals surface area contributed by atoms with Gasteiger partial charge in [0, 0.05) is 23.9 Å². The van der Waals surface area contributed by atoms with Crippen LogP contribution in [0.3, 0.4) is 0 Å². The zero-order chi connectivity index (χ0) is 29.1.